The van der Waals surface area contributed by atoms with Crippen molar-refractivity contribution in [1.29, 1.82) is 0 Å². The number of aryl methyl sites for hydroxylation is 1. The Morgan fingerprint density at radius 2 is 1.48 bits per heavy atom. The lowest BCUT2D eigenvalue weighted by Gasteiger charge is -2.34. The van der Waals surface area contributed by atoms with Crippen molar-refractivity contribution >= 4 is 23.4 Å². The van der Waals surface area contributed by atoms with Crippen LogP contribution < -0.4 is 0 Å². The topological polar surface area (TPSA) is 66.7 Å². The molecule has 2 amide bonds. The Labute approximate surface area is 173 Å². The molecule has 1 saturated heterocycles. The number of nitrogens with zero attached hydrogens (tertiary/aromatic N) is 3. The summed E-state index contributed by atoms with van der Waals surface area (Å²) in [6.07, 6.45) is 0. The Morgan fingerprint density at radius 1 is 0.897 bits per heavy atom. The normalized spacial score (nSPS) is 14.1. The molecule has 0 atom stereocenters. The molecule has 0 N–H and O–H groups in total. The molecule has 7 heteroatoms. The lowest BCUT2D eigenvalue weighted by Crippen LogP contribution is -2.50. The van der Waals surface area contributed by atoms with Crippen LogP contribution in [-0.2, 0) is 0 Å². The van der Waals surface area contributed by atoms with Crippen molar-refractivity contribution in [3.8, 4) is 11.3 Å². The average molecular weight is 410 g/mol. The van der Waals surface area contributed by atoms with Gasteiger partial charge >= 0.3 is 0 Å². The monoisotopic (exact) mass is 409 g/mol. The van der Waals surface area contributed by atoms with Crippen molar-refractivity contribution in [2.24, 2.45) is 0 Å². The summed E-state index contributed by atoms with van der Waals surface area (Å²) in [5.74, 6) is 0.272. The van der Waals surface area contributed by atoms with E-state index in [1.54, 1.807) is 34.9 Å². The van der Waals surface area contributed by atoms with E-state index in [1.807, 2.05) is 36.4 Å². The van der Waals surface area contributed by atoms with Crippen LogP contribution in [0.4, 0.5) is 0 Å². The third-order valence-electron chi connectivity index (χ3n) is 5.08. The highest BCUT2D eigenvalue weighted by molar-refractivity contribution is 6.33. The van der Waals surface area contributed by atoms with Gasteiger partial charge in [-0.15, -0.1) is 0 Å². The second kappa shape index (κ2) is 8.09. The maximum absolute atomic E-state index is 13.2. The molecule has 1 aliphatic heterocycles. The predicted octanol–water partition coefficient (Wildman–Crippen LogP) is 3.90. The zero-order valence-electron chi connectivity index (χ0n) is 16.0. The molecule has 29 heavy (non-hydrogen) atoms. The molecule has 0 radical (unpaired) electrons. The number of hydrogen-bond donors (Lipinski definition) is 0. The van der Waals surface area contributed by atoms with E-state index in [2.05, 4.69) is 5.16 Å². The summed E-state index contributed by atoms with van der Waals surface area (Å²) < 4.78 is 5.31. The van der Waals surface area contributed by atoms with Gasteiger partial charge in [-0.05, 0) is 25.1 Å². The molecule has 148 valence electrons. The Morgan fingerprint density at radius 3 is 2.14 bits per heavy atom. The summed E-state index contributed by atoms with van der Waals surface area (Å²) >= 11 is 6.29. The van der Waals surface area contributed by atoms with E-state index >= 15 is 0 Å². The molecule has 3 aromatic rings. The quantitative estimate of drug-likeness (QED) is 0.658. The van der Waals surface area contributed by atoms with Crippen LogP contribution in [0.1, 0.15) is 26.5 Å². The molecule has 0 aliphatic carbocycles. The minimum absolute atomic E-state index is 0.0180. The first-order valence-corrected chi connectivity index (χ1v) is 9.79. The van der Waals surface area contributed by atoms with E-state index in [0.29, 0.717) is 59.3 Å². The lowest BCUT2D eigenvalue weighted by molar-refractivity contribution is 0.0534. The van der Waals surface area contributed by atoms with Gasteiger partial charge in [-0.3, -0.25) is 9.59 Å². The van der Waals surface area contributed by atoms with E-state index in [9.17, 15) is 9.59 Å². The Kier molecular flexibility index (Phi) is 5.36. The zero-order chi connectivity index (χ0) is 20.4. The van der Waals surface area contributed by atoms with E-state index < -0.39 is 0 Å². The van der Waals surface area contributed by atoms with Crippen molar-refractivity contribution in [2.75, 3.05) is 26.2 Å². The van der Waals surface area contributed by atoms with Crippen LogP contribution in [0, 0.1) is 6.92 Å². The fourth-order valence-electron chi connectivity index (χ4n) is 3.50. The van der Waals surface area contributed by atoms with Gasteiger partial charge in [-0.2, -0.15) is 0 Å². The summed E-state index contributed by atoms with van der Waals surface area (Å²) in [4.78, 5) is 29.3. The minimum Gasteiger partial charge on any atom is -0.360 e. The summed E-state index contributed by atoms with van der Waals surface area (Å²) in [5, 5.41) is 4.58. The van der Waals surface area contributed by atoms with Crippen LogP contribution >= 0.6 is 11.6 Å². The lowest BCUT2D eigenvalue weighted by atomic mass is 10.0. The maximum atomic E-state index is 13.2. The highest BCUT2D eigenvalue weighted by Crippen LogP contribution is 2.32. The largest absolute Gasteiger partial charge is 0.360 e. The van der Waals surface area contributed by atoms with Crippen LogP contribution in [-0.4, -0.2) is 52.9 Å². The van der Waals surface area contributed by atoms with Crippen LogP contribution in [0.15, 0.2) is 59.1 Å². The number of benzene rings is 2. The standard InChI is InChI=1S/C22H20ClN3O3/c1-15-19(20(24-29-15)17-9-5-6-10-18(17)23)22(28)26-13-11-25(12-14-26)21(27)16-7-3-2-4-8-16/h2-10H,11-14H2,1H3. The van der Waals surface area contributed by atoms with Crippen LogP contribution in [0.3, 0.4) is 0 Å². The smallest absolute Gasteiger partial charge is 0.259 e. The van der Waals surface area contributed by atoms with Gasteiger partial charge < -0.3 is 14.3 Å². The van der Waals surface area contributed by atoms with Crippen molar-refractivity contribution in [2.45, 2.75) is 6.92 Å². The number of aromatic nitrogens is 1. The third-order valence-corrected chi connectivity index (χ3v) is 5.41. The molecule has 0 saturated carbocycles. The second-order valence-corrected chi connectivity index (χ2v) is 7.30. The maximum Gasteiger partial charge on any atom is 0.259 e. The number of carbonyl (C=O) groups is 2. The third kappa shape index (κ3) is 3.76. The molecule has 0 bridgehead atoms. The SMILES string of the molecule is Cc1onc(-c2ccccc2Cl)c1C(=O)N1CCN(C(=O)c2ccccc2)CC1. The molecule has 2 aromatic carbocycles. The molecule has 1 aliphatic rings. The van der Waals surface area contributed by atoms with Gasteiger partial charge in [0.2, 0.25) is 0 Å². The first-order chi connectivity index (χ1) is 14.1. The molecule has 4 rings (SSSR count). The average Bonchev–Trinajstić information content (AvgIpc) is 3.15. The summed E-state index contributed by atoms with van der Waals surface area (Å²) in [6.45, 7) is 3.57. The number of halogens is 1. The molecule has 1 aromatic heterocycles. The predicted molar refractivity (Wildman–Crippen MR) is 110 cm³/mol. The molecule has 1 fully saturated rings. The van der Waals surface area contributed by atoms with E-state index in [0.717, 1.165) is 0 Å². The minimum atomic E-state index is -0.162. The first-order valence-electron chi connectivity index (χ1n) is 9.41. The van der Waals surface area contributed by atoms with Gasteiger partial charge in [0.05, 0.1) is 5.02 Å². The van der Waals surface area contributed by atoms with E-state index in [-0.39, 0.29) is 11.8 Å². The molecular formula is C22H20ClN3O3. The highest BCUT2D eigenvalue weighted by atomic mass is 35.5. The van der Waals surface area contributed by atoms with Crippen LogP contribution in [0.25, 0.3) is 11.3 Å². The van der Waals surface area contributed by atoms with E-state index in [4.69, 9.17) is 16.1 Å². The number of rotatable bonds is 3. The molecule has 0 spiro atoms. The fourth-order valence-corrected chi connectivity index (χ4v) is 3.72. The number of hydrogen-bond acceptors (Lipinski definition) is 4. The highest BCUT2D eigenvalue weighted by Gasteiger charge is 2.30. The summed E-state index contributed by atoms with van der Waals surface area (Å²) in [7, 11) is 0. The molecule has 0 unspecified atom stereocenters. The van der Waals surface area contributed by atoms with Gasteiger partial charge in [-0.1, -0.05) is 53.2 Å². The Bertz CT molecular complexity index is 1040. The Hall–Kier alpha value is -3.12. The van der Waals surface area contributed by atoms with Crippen molar-refractivity contribution in [1.82, 2.24) is 15.0 Å². The van der Waals surface area contributed by atoms with Gasteiger partial charge in [0.1, 0.15) is 17.0 Å². The van der Waals surface area contributed by atoms with Gasteiger partial charge in [0.25, 0.3) is 11.8 Å². The molecule has 2 heterocycles. The number of piperazine rings is 1. The van der Waals surface area contributed by atoms with Gasteiger partial charge in [0.15, 0.2) is 0 Å². The second-order valence-electron chi connectivity index (χ2n) is 6.89. The number of amides is 2. The number of carbonyl (C=O) groups excluding carboxylic acids is 2. The first kappa shape index (κ1) is 19.2. The van der Waals surface area contributed by atoms with Crippen molar-refractivity contribution in [3.05, 3.63) is 76.5 Å². The van der Waals surface area contributed by atoms with E-state index in [1.165, 1.54) is 0 Å². The molecular weight excluding hydrogens is 390 g/mol. The van der Waals surface area contributed by atoms with Gasteiger partial charge in [-0.25, -0.2) is 0 Å². The zero-order valence-corrected chi connectivity index (χ0v) is 16.7. The summed E-state index contributed by atoms with van der Waals surface area (Å²) in [6, 6.07) is 16.4. The van der Waals surface area contributed by atoms with Crippen LogP contribution in [0.5, 0.6) is 0 Å². The Balaban J connectivity index is 1.51. The van der Waals surface area contributed by atoms with Crippen molar-refractivity contribution in [3.63, 3.8) is 0 Å². The fraction of sp³-hybridized carbons (Fsp3) is 0.227. The summed E-state index contributed by atoms with van der Waals surface area (Å²) in [5.41, 5.74) is 2.18. The van der Waals surface area contributed by atoms with Crippen LogP contribution in [0.2, 0.25) is 5.02 Å². The molecule has 6 nitrogen and oxygen atoms in total. The van der Waals surface area contributed by atoms with Gasteiger partial charge in [0, 0.05) is 37.3 Å². The van der Waals surface area contributed by atoms with Crippen molar-refractivity contribution < 1.29 is 14.1 Å².